The van der Waals surface area contributed by atoms with Gasteiger partial charge in [0, 0.05) is 5.56 Å². The first-order valence-electron chi connectivity index (χ1n) is 3.70. The summed E-state index contributed by atoms with van der Waals surface area (Å²) >= 11 is 5.60. The van der Waals surface area contributed by atoms with E-state index in [9.17, 15) is 9.90 Å². The fraction of sp³-hybridized carbons (Fsp3) is 0.222. The maximum atomic E-state index is 10.1. The highest BCUT2D eigenvalue weighted by Gasteiger charge is 2.00. The Bertz CT molecular complexity index is 299. The fourth-order valence-electron chi connectivity index (χ4n) is 0.892. The van der Waals surface area contributed by atoms with Crippen molar-refractivity contribution in [2.75, 3.05) is 6.61 Å². The van der Waals surface area contributed by atoms with Crippen molar-refractivity contribution >= 4 is 17.6 Å². The SMILES string of the molecule is O=C([O-])COc1ccccc1CCl. The van der Waals surface area contributed by atoms with Crippen LogP contribution in [0.1, 0.15) is 5.56 Å². The maximum Gasteiger partial charge on any atom is 0.128 e. The average molecular weight is 200 g/mol. The third-order valence-corrected chi connectivity index (χ3v) is 1.75. The second-order valence-electron chi connectivity index (χ2n) is 2.40. The zero-order chi connectivity index (χ0) is 9.68. The lowest BCUT2D eigenvalue weighted by atomic mass is 10.2. The normalized spacial score (nSPS) is 9.62. The van der Waals surface area contributed by atoms with E-state index in [-0.39, 0.29) is 0 Å². The quantitative estimate of drug-likeness (QED) is 0.666. The Morgan fingerprint density at radius 1 is 1.46 bits per heavy atom. The van der Waals surface area contributed by atoms with Crippen molar-refractivity contribution in [3.8, 4) is 5.75 Å². The van der Waals surface area contributed by atoms with Gasteiger partial charge in [-0.3, -0.25) is 0 Å². The van der Waals surface area contributed by atoms with Crippen LogP contribution in [0, 0.1) is 0 Å². The molecule has 0 heterocycles. The first-order valence-corrected chi connectivity index (χ1v) is 4.24. The van der Waals surface area contributed by atoms with Gasteiger partial charge in [-0.15, -0.1) is 11.6 Å². The smallest absolute Gasteiger partial charge is 0.128 e. The van der Waals surface area contributed by atoms with Gasteiger partial charge >= 0.3 is 0 Å². The van der Waals surface area contributed by atoms with E-state index >= 15 is 0 Å². The highest BCUT2D eigenvalue weighted by molar-refractivity contribution is 6.17. The van der Waals surface area contributed by atoms with Crippen LogP contribution in [0.5, 0.6) is 5.75 Å². The van der Waals surface area contributed by atoms with Crippen molar-refractivity contribution in [3.05, 3.63) is 29.8 Å². The second kappa shape index (κ2) is 4.72. The molecule has 1 rings (SSSR count). The lowest BCUT2D eigenvalue weighted by Gasteiger charge is -2.09. The summed E-state index contributed by atoms with van der Waals surface area (Å²) in [4.78, 5) is 10.1. The predicted octanol–water partition coefficient (Wildman–Crippen LogP) is 0.554. The van der Waals surface area contributed by atoms with Crippen LogP contribution in [0.15, 0.2) is 24.3 Å². The molecule has 70 valence electrons. The third-order valence-electron chi connectivity index (χ3n) is 1.46. The van der Waals surface area contributed by atoms with Crippen molar-refractivity contribution in [2.45, 2.75) is 5.88 Å². The molecule has 0 saturated carbocycles. The van der Waals surface area contributed by atoms with Gasteiger partial charge in [0.15, 0.2) is 0 Å². The van der Waals surface area contributed by atoms with Gasteiger partial charge < -0.3 is 14.6 Å². The van der Waals surface area contributed by atoms with Crippen LogP contribution >= 0.6 is 11.6 Å². The molecule has 1 aromatic rings. The summed E-state index contributed by atoms with van der Waals surface area (Å²) < 4.78 is 4.94. The number of alkyl halides is 1. The Labute approximate surface area is 80.9 Å². The third kappa shape index (κ3) is 2.95. The van der Waals surface area contributed by atoms with E-state index in [4.69, 9.17) is 16.3 Å². The number of para-hydroxylation sites is 1. The summed E-state index contributed by atoms with van der Waals surface area (Å²) in [5.41, 5.74) is 0.769. The molecule has 0 aromatic heterocycles. The van der Waals surface area contributed by atoms with Gasteiger partial charge in [0.1, 0.15) is 12.4 Å². The molecule has 0 aliphatic rings. The van der Waals surface area contributed by atoms with Crippen molar-refractivity contribution in [1.29, 1.82) is 0 Å². The van der Waals surface area contributed by atoms with Crippen LogP contribution in [0.3, 0.4) is 0 Å². The van der Waals surface area contributed by atoms with Crippen LogP contribution in [0.2, 0.25) is 0 Å². The molecule has 0 saturated heterocycles. The van der Waals surface area contributed by atoms with E-state index in [2.05, 4.69) is 0 Å². The van der Waals surface area contributed by atoms with E-state index in [0.29, 0.717) is 11.6 Å². The molecule has 13 heavy (non-hydrogen) atoms. The van der Waals surface area contributed by atoms with E-state index in [1.54, 1.807) is 18.2 Å². The molecule has 0 fully saturated rings. The van der Waals surface area contributed by atoms with E-state index in [1.807, 2.05) is 6.07 Å². The molecular formula is C9H8ClO3-. The highest BCUT2D eigenvalue weighted by atomic mass is 35.5. The molecule has 0 aliphatic carbocycles. The molecule has 0 N–H and O–H groups in total. The number of halogens is 1. The lowest BCUT2D eigenvalue weighted by Crippen LogP contribution is -2.29. The number of hydrogen-bond donors (Lipinski definition) is 0. The summed E-state index contributed by atoms with van der Waals surface area (Å²) in [5.74, 6) is -0.463. The highest BCUT2D eigenvalue weighted by Crippen LogP contribution is 2.19. The van der Waals surface area contributed by atoms with Crippen molar-refractivity contribution < 1.29 is 14.6 Å². The Morgan fingerprint density at radius 2 is 2.15 bits per heavy atom. The number of carboxylic acid groups (broad SMARTS) is 1. The lowest BCUT2D eigenvalue weighted by molar-refractivity contribution is -0.307. The van der Waals surface area contributed by atoms with Gasteiger partial charge in [0.05, 0.1) is 11.8 Å². The Morgan fingerprint density at radius 3 is 2.77 bits per heavy atom. The van der Waals surface area contributed by atoms with E-state index < -0.39 is 12.6 Å². The molecule has 0 radical (unpaired) electrons. The van der Waals surface area contributed by atoms with Gasteiger partial charge in [0.25, 0.3) is 0 Å². The van der Waals surface area contributed by atoms with Crippen molar-refractivity contribution in [1.82, 2.24) is 0 Å². The summed E-state index contributed by atoms with van der Waals surface area (Å²) in [5, 5.41) is 10.1. The van der Waals surface area contributed by atoms with Gasteiger partial charge in [0.2, 0.25) is 0 Å². The predicted molar refractivity (Wildman–Crippen MR) is 46.5 cm³/mol. The molecule has 0 unspecified atom stereocenters. The molecule has 0 atom stereocenters. The summed E-state index contributed by atoms with van der Waals surface area (Å²) in [6, 6.07) is 7.00. The first kappa shape index (κ1) is 9.86. The second-order valence-corrected chi connectivity index (χ2v) is 2.67. The fourth-order valence-corrected chi connectivity index (χ4v) is 1.11. The van der Waals surface area contributed by atoms with Gasteiger partial charge in [-0.1, -0.05) is 18.2 Å². The number of carbonyl (C=O) groups is 1. The average Bonchev–Trinajstić information content (AvgIpc) is 2.15. The number of rotatable bonds is 4. The zero-order valence-electron chi connectivity index (χ0n) is 6.83. The summed E-state index contributed by atoms with van der Waals surface area (Å²) in [6.45, 7) is -0.450. The minimum atomic E-state index is -1.25. The summed E-state index contributed by atoms with van der Waals surface area (Å²) in [7, 11) is 0. The zero-order valence-corrected chi connectivity index (χ0v) is 7.58. The molecule has 4 heteroatoms. The molecule has 0 bridgehead atoms. The van der Waals surface area contributed by atoms with Crippen LogP contribution in [0.25, 0.3) is 0 Å². The molecular weight excluding hydrogens is 192 g/mol. The van der Waals surface area contributed by atoms with Crippen LogP contribution in [-0.4, -0.2) is 12.6 Å². The Hall–Kier alpha value is -1.22. The van der Waals surface area contributed by atoms with Crippen molar-refractivity contribution in [3.63, 3.8) is 0 Å². The number of ether oxygens (including phenoxy) is 1. The van der Waals surface area contributed by atoms with Crippen molar-refractivity contribution in [2.24, 2.45) is 0 Å². The van der Waals surface area contributed by atoms with E-state index in [1.165, 1.54) is 0 Å². The number of aliphatic carboxylic acids is 1. The largest absolute Gasteiger partial charge is 0.546 e. The minimum absolute atomic E-state index is 0.295. The minimum Gasteiger partial charge on any atom is -0.546 e. The molecule has 0 aliphatic heterocycles. The Balaban J connectivity index is 2.69. The standard InChI is InChI=1S/C9H9ClO3/c10-5-7-3-1-2-4-8(7)13-6-9(11)12/h1-4H,5-6H2,(H,11,12)/p-1. The maximum absolute atomic E-state index is 10.1. The van der Waals surface area contributed by atoms with Crippen LogP contribution < -0.4 is 9.84 Å². The van der Waals surface area contributed by atoms with Gasteiger partial charge in [-0.25, -0.2) is 0 Å². The Kier molecular flexibility index (Phi) is 3.58. The summed E-state index contributed by atoms with van der Waals surface area (Å²) in [6.07, 6.45) is 0. The first-order chi connectivity index (χ1) is 6.24. The molecule has 1 aromatic carbocycles. The number of hydrogen-bond acceptors (Lipinski definition) is 3. The number of carboxylic acids is 1. The monoisotopic (exact) mass is 199 g/mol. The van der Waals surface area contributed by atoms with Crippen LogP contribution in [-0.2, 0) is 10.7 Å². The van der Waals surface area contributed by atoms with Gasteiger partial charge in [-0.05, 0) is 6.07 Å². The molecule has 0 spiro atoms. The molecule has 3 nitrogen and oxygen atoms in total. The number of carbonyl (C=O) groups excluding carboxylic acids is 1. The molecule has 0 amide bonds. The van der Waals surface area contributed by atoms with E-state index in [0.717, 1.165) is 5.56 Å². The topological polar surface area (TPSA) is 49.4 Å². The van der Waals surface area contributed by atoms with Gasteiger partial charge in [-0.2, -0.15) is 0 Å². The van der Waals surface area contributed by atoms with Crippen LogP contribution in [0.4, 0.5) is 0 Å². The number of benzene rings is 1.